The van der Waals surface area contributed by atoms with Gasteiger partial charge in [-0.2, -0.15) is 0 Å². The summed E-state index contributed by atoms with van der Waals surface area (Å²) in [4.78, 5) is 31.2. The van der Waals surface area contributed by atoms with Crippen molar-refractivity contribution < 1.29 is 9.18 Å². The number of halogens is 1. The first kappa shape index (κ1) is 15.5. The molecule has 4 rings (SSSR count). The van der Waals surface area contributed by atoms with Crippen molar-refractivity contribution in [2.45, 2.75) is 25.9 Å². The molecule has 0 fully saturated rings. The van der Waals surface area contributed by atoms with Crippen LogP contribution in [0.15, 0.2) is 53.6 Å². The van der Waals surface area contributed by atoms with Gasteiger partial charge in [0.2, 0.25) is 5.91 Å². The van der Waals surface area contributed by atoms with Gasteiger partial charge in [0.25, 0.3) is 5.56 Å². The van der Waals surface area contributed by atoms with Gasteiger partial charge < -0.3 is 4.90 Å². The summed E-state index contributed by atoms with van der Waals surface area (Å²) in [6.07, 6.45) is 2.13. The number of para-hydroxylation sites is 1. The number of aromatic nitrogens is 2. The molecule has 1 amide bonds. The highest BCUT2D eigenvalue weighted by atomic mass is 19.1. The maximum Gasteiger partial charge on any atom is 0.261 e. The lowest BCUT2D eigenvalue weighted by molar-refractivity contribution is -0.119. The molecule has 6 heteroatoms. The Bertz CT molecular complexity index is 1040. The van der Waals surface area contributed by atoms with Gasteiger partial charge >= 0.3 is 0 Å². The third kappa shape index (κ3) is 2.59. The van der Waals surface area contributed by atoms with E-state index in [1.807, 2.05) is 31.2 Å². The number of anilines is 1. The van der Waals surface area contributed by atoms with Crippen LogP contribution in [0.2, 0.25) is 0 Å². The first-order valence-electron chi connectivity index (χ1n) is 8.09. The molecule has 0 spiro atoms. The molecule has 2 aromatic carbocycles. The minimum atomic E-state index is -0.502. The van der Waals surface area contributed by atoms with Crippen LogP contribution >= 0.6 is 0 Å². The number of carbonyl (C=O) groups excluding carboxylic acids is 1. The molecule has 25 heavy (non-hydrogen) atoms. The van der Waals surface area contributed by atoms with Crippen LogP contribution in [-0.2, 0) is 17.8 Å². The number of nitrogens with zero attached hydrogens (tertiary/aromatic N) is 3. The molecule has 0 N–H and O–H groups in total. The summed E-state index contributed by atoms with van der Waals surface area (Å²) in [6, 6.07) is 11.7. The largest absolute Gasteiger partial charge is 0.307 e. The molecule has 1 aliphatic rings. The maximum atomic E-state index is 13.4. The maximum absolute atomic E-state index is 13.4. The Morgan fingerprint density at radius 3 is 2.92 bits per heavy atom. The van der Waals surface area contributed by atoms with Crippen molar-refractivity contribution in [2.75, 3.05) is 4.90 Å². The molecule has 2 heterocycles. The van der Waals surface area contributed by atoms with E-state index in [2.05, 4.69) is 4.98 Å². The number of rotatable bonds is 2. The summed E-state index contributed by atoms with van der Waals surface area (Å²) in [5.41, 5.74) is 2.00. The second-order valence-electron chi connectivity index (χ2n) is 6.28. The van der Waals surface area contributed by atoms with Gasteiger partial charge in [-0.3, -0.25) is 14.2 Å². The first-order chi connectivity index (χ1) is 12.0. The highest BCUT2D eigenvalue weighted by molar-refractivity contribution is 5.96. The average molecular weight is 337 g/mol. The Morgan fingerprint density at radius 2 is 2.08 bits per heavy atom. The minimum Gasteiger partial charge on any atom is -0.307 e. The number of amides is 1. The van der Waals surface area contributed by atoms with E-state index in [9.17, 15) is 14.0 Å². The molecule has 3 aromatic rings. The van der Waals surface area contributed by atoms with Gasteiger partial charge in [-0.05, 0) is 43.2 Å². The molecular formula is C19H16FN3O2. The van der Waals surface area contributed by atoms with Crippen molar-refractivity contribution in [1.29, 1.82) is 0 Å². The second kappa shape index (κ2) is 5.81. The van der Waals surface area contributed by atoms with E-state index < -0.39 is 11.4 Å². The highest BCUT2D eigenvalue weighted by Gasteiger charge is 2.30. The first-order valence-corrected chi connectivity index (χ1v) is 8.09. The number of carbonyl (C=O) groups is 1. The van der Waals surface area contributed by atoms with E-state index >= 15 is 0 Å². The van der Waals surface area contributed by atoms with Crippen LogP contribution in [-0.4, -0.2) is 21.5 Å². The van der Waals surface area contributed by atoms with E-state index in [1.54, 1.807) is 4.90 Å². The quantitative estimate of drug-likeness (QED) is 0.722. The minimum absolute atomic E-state index is 0.0338. The van der Waals surface area contributed by atoms with E-state index in [0.717, 1.165) is 23.7 Å². The molecule has 126 valence electrons. The van der Waals surface area contributed by atoms with E-state index in [-0.39, 0.29) is 23.9 Å². The van der Waals surface area contributed by atoms with Crippen LogP contribution in [0.4, 0.5) is 10.1 Å². The van der Waals surface area contributed by atoms with E-state index in [0.29, 0.717) is 5.52 Å². The summed E-state index contributed by atoms with van der Waals surface area (Å²) in [5, 5.41) is 0.171. The smallest absolute Gasteiger partial charge is 0.261 e. The molecule has 0 bridgehead atoms. The predicted octanol–water partition coefficient (Wildman–Crippen LogP) is 2.51. The highest BCUT2D eigenvalue weighted by Crippen LogP contribution is 2.31. The van der Waals surface area contributed by atoms with Crippen LogP contribution in [0, 0.1) is 5.82 Å². The SMILES string of the molecule is CC1Cc2ccccc2N1C(=O)Cn1cnc2ccc(F)cc2c1=O. The lowest BCUT2D eigenvalue weighted by Crippen LogP contribution is -2.40. The fourth-order valence-electron chi connectivity index (χ4n) is 3.41. The van der Waals surface area contributed by atoms with E-state index in [1.165, 1.54) is 23.0 Å². The van der Waals surface area contributed by atoms with Gasteiger partial charge in [-0.25, -0.2) is 9.37 Å². The van der Waals surface area contributed by atoms with Crippen LogP contribution in [0.25, 0.3) is 10.9 Å². The van der Waals surface area contributed by atoms with Crippen molar-refractivity contribution in [1.82, 2.24) is 9.55 Å². The van der Waals surface area contributed by atoms with Crippen molar-refractivity contribution in [3.05, 3.63) is 70.5 Å². The second-order valence-corrected chi connectivity index (χ2v) is 6.28. The number of hydrogen-bond donors (Lipinski definition) is 0. The number of hydrogen-bond acceptors (Lipinski definition) is 3. The molecule has 1 aromatic heterocycles. The van der Waals surface area contributed by atoms with Crippen molar-refractivity contribution in [2.24, 2.45) is 0 Å². The lowest BCUT2D eigenvalue weighted by atomic mass is 10.1. The summed E-state index contributed by atoms with van der Waals surface area (Å²) < 4.78 is 14.7. The summed E-state index contributed by atoms with van der Waals surface area (Å²) in [6.45, 7) is 1.85. The Hall–Kier alpha value is -3.02. The fourth-order valence-corrected chi connectivity index (χ4v) is 3.41. The van der Waals surface area contributed by atoms with Crippen LogP contribution in [0.5, 0.6) is 0 Å². The van der Waals surface area contributed by atoms with E-state index in [4.69, 9.17) is 0 Å². The molecule has 0 saturated heterocycles. The van der Waals surface area contributed by atoms with Gasteiger partial charge in [0, 0.05) is 11.7 Å². The molecule has 1 atom stereocenters. The summed E-state index contributed by atoms with van der Waals surface area (Å²) in [7, 11) is 0. The normalized spacial score (nSPS) is 16.2. The average Bonchev–Trinajstić information content (AvgIpc) is 2.93. The molecule has 0 aliphatic carbocycles. The molecule has 1 aliphatic heterocycles. The molecule has 0 radical (unpaired) electrons. The van der Waals surface area contributed by atoms with Gasteiger partial charge in [-0.1, -0.05) is 18.2 Å². The standard InChI is InChI=1S/C19H16FN3O2/c1-12-8-13-4-2-3-5-17(13)23(12)18(24)10-22-11-21-16-7-6-14(20)9-15(16)19(22)25/h2-7,9,11-12H,8,10H2,1H3. The Labute approximate surface area is 143 Å². The molecule has 1 unspecified atom stereocenters. The topological polar surface area (TPSA) is 55.2 Å². The van der Waals surface area contributed by atoms with Gasteiger partial charge in [0.05, 0.1) is 17.2 Å². The van der Waals surface area contributed by atoms with Gasteiger partial charge in [0.1, 0.15) is 12.4 Å². The van der Waals surface area contributed by atoms with Crippen LogP contribution < -0.4 is 10.5 Å². The zero-order chi connectivity index (χ0) is 17.6. The van der Waals surface area contributed by atoms with Crippen LogP contribution in [0.1, 0.15) is 12.5 Å². The number of benzene rings is 2. The monoisotopic (exact) mass is 337 g/mol. The zero-order valence-electron chi connectivity index (χ0n) is 13.6. The fraction of sp³-hybridized carbons (Fsp3) is 0.211. The third-order valence-corrected chi connectivity index (χ3v) is 4.57. The summed E-state index contributed by atoms with van der Waals surface area (Å²) >= 11 is 0. The van der Waals surface area contributed by atoms with Crippen molar-refractivity contribution >= 4 is 22.5 Å². The Balaban J connectivity index is 1.69. The predicted molar refractivity (Wildman–Crippen MR) is 93.1 cm³/mol. The zero-order valence-corrected chi connectivity index (χ0v) is 13.6. The van der Waals surface area contributed by atoms with Crippen LogP contribution in [0.3, 0.4) is 0 Å². The Morgan fingerprint density at radius 1 is 1.28 bits per heavy atom. The van der Waals surface area contributed by atoms with Gasteiger partial charge in [0.15, 0.2) is 0 Å². The van der Waals surface area contributed by atoms with Crippen molar-refractivity contribution in [3.63, 3.8) is 0 Å². The third-order valence-electron chi connectivity index (χ3n) is 4.57. The van der Waals surface area contributed by atoms with Crippen molar-refractivity contribution in [3.8, 4) is 0 Å². The summed E-state index contributed by atoms with van der Waals surface area (Å²) in [5.74, 6) is -0.685. The molecule has 5 nitrogen and oxygen atoms in total. The molecular weight excluding hydrogens is 321 g/mol. The lowest BCUT2D eigenvalue weighted by Gasteiger charge is -2.23. The van der Waals surface area contributed by atoms with Gasteiger partial charge in [-0.15, -0.1) is 0 Å². The molecule has 0 saturated carbocycles. The number of fused-ring (bicyclic) bond motifs is 2. The Kier molecular flexibility index (Phi) is 3.60.